The van der Waals surface area contributed by atoms with Gasteiger partial charge in [0.2, 0.25) is 0 Å². The molecule has 1 N–H and O–H groups in total. The van der Waals surface area contributed by atoms with E-state index in [1.165, 1.54) is 12.8 Å². The Morgan fingerprint density at radius 3 is 2.46 bits per heavy atom. The van der Waals surface area contributed by atoms with Crippen LogP contribution in [0.3, 0.4) is 0 Å². The molecule has 28 heavy (non-hydrogen) atoms. The average molecular weight is 393 g/mol. The van der Waals surface area contributed by atoms with Crippen molar-refractivity contribution in [2.45, 2.75) is 85.5 Å². The molecule has 0 amide bonds. The number of carbonyl (C=O) groups is 1. The van der Waals surface area contributed by atoms with Crippen LogP contribution in [0.15, 0.2) is 23.8 Å². The van der Waals surface area contributed by atoms with Crippen LogP contribution in [0.25, 0.3) is 0 Å². The molecule has 160 valence electrons. The minimum absolute atomic E-state index is 0.113. The molecule has 4 nitrogen and oxygen atoms in total. The highest BCUT2D eigenvalue weighted by molar-refractivity contribution is 5.73. The molecule has 0 aromatic rings. The van der Waals surface area contributed by atoms with Crippen LogP contribution in [-0.4, -0.2) is 37.0 Å². The van der Waals surface area contributed by atoms with E-state index in [9.17, 15) is 9.90 Å². The SMILES string of the molecule is C=C1[C@@H](O)C[C@@H]2C(C)(C)CCC[C@]2(C)[C@H]1CC=C(C=O)CC(OCC)OCC. The first-order valence-electron chi connectivity index (χ1n) is 10.9. The predicted octanol–water partition coefficient (Wildman–Crippen LogP) is 5.06. The quantitative estimate of drug-likeness (QED) is 0.258. The Balaban J connectivity index is 2.21. The Kier molecular flexibility index (Phi) is 8.06. The topological polar surface area (TPSA) is 55.8 Å². The molecule has 0 heterocycles. The number of allylic oxidation sites excluding steroid dienone is 1. The van der Waals surface area contributed by atoms with Gasteiger partial charge < -0.3 is 14.6 Å². The number of aliphatic hydroxyl groups is 1. The van der Waals surface area contributed by atoms with Crippen LogP contribution in [0, 0.1) is 22.7 Å². The maximum atomic E-state index is 11.7. The number of aliphatic hydroxyl groups excluding tert-OH is 1. The van der Waals surface area contributed by atoms with Gasteiger partial charge in [-0.3, -0.25) is 4.79 Å². The third-order valence-electron chi connectivity index (χ3n) is 7.28. The molecule has 0 saturated heterocycles. The van der Waals surface area contributed by atoms with Gasteiger partial charge in [0.05, 0.1) is 6.10 Å². The van der Waals surface area contributed by atoms with Gasteiger partial charge >= 0.3 is 0 Å². The largest absolute Gasteiger partial charge is 0.389 e. The molecule has 0 spiro atoms. The maximum Gasteiger partial charge on any atom is 0.161 e. The third-order valence-corrected chi connectivity index (χ3v) is 7.28. The van der Waals surface area contributed by atoms with Crippen molar-refractivity contribution in [2.24, 2.45) is 22.7 Å². The van der Waals surface area contributed by atoms with Crippen molar-refractivity contribution in [1.82, 2.24) is 0 Å². The summed E-state index contributed by atoms with van der Waals surface area (Å²) in [6, 6.07) is 0. The number of carbonyl (C=O) groups excluding carboxylic acids is 1. The molecule has 0 radical (unpaired) electrons. The molecule has 0 aromatic carbocycles. The Bertz CT molecular complexity index is 573. The van der Waals surface area contributed by atoms with Crippen LogP contribution in [-0.2, 0) is 14.3 Å². The highest BCUT2D eigenvalue weighted by Crippen LogP contribution is 2.61. The summed E-state index contributed by atoms with van der Waals surface area (Å²) in [5.41, 5.74) is 1.97. The molecule has 0 unspecified atom stereocenters. The van der Waals surface area contributed by atoms with Crippen LogP contribution in [0.2, 0.25) is 0 Å². The molecule has 4 heteroatoms. The summed E-state index contributed by atoms with van der Waals surface area (Å²) in [5, 5.41) is 10.7. The number of fused-ring (bicyclic) bond motifs is 1. The van der Waals surface area contributed by atoms with E-state index >= 15 is 0 Å². The van der Waals surface area contributed by atoms with Crippen molar-refractivity contribution in [1.29, 1.82) is 0 Å². The molecule has 2 rings (SSSR count). The highest BCUT2D eigenvalue weighted by Gasteiger charge is 2.54. The molecule has 2 fully saturated rings. The smallest absolute Gasteiger partial charge is 0.161 e. The highest BCUT2D eigenvalue weighted by atomic mass is 16.7. The van der Waals surface area contributed by atoms with Crippen LogP contribution >= 0.6 is 0 Å². The standard InChI is InChI=1S/C24H40O4/c1-7-27-22(28-8-2)14-18(16-25)10-11-19-17(3)20(26)15-21-23(4,5)12-9-13-24(19,21)6/h10,16,19-22,26H,3,7-9,11-15H2,1-2,4-6H3/t19-,20-,21+,24+/m0/s1. The summed E-state index contributed by atoms with van der Waals surface area (Å²) >= 11 is 0. The van der Waals surface area contributed by atoms with Crippen LogP contribution < -0.4 is 0 Å². The molecule has 2 aliphatic rings. The zero-order valence-electron chi connectivity index (χ0n) is 18.5. The van der Waals surface area contributed by atoms with Crippen molar-refractivity contribution in [2.75, 3.05) is 13.2 Å². The van der Waals surface area contributed by atoms with E-state index in [1.807, 2.05) is 19.9 Å². The van der Waals surface area contributed by atoms with Crippen molar-refractivity contribution in [3.05, 3.63) is 23.8 Å². The van der Waals surface area contributed by atoms with E-state index in [1.54, 1.807) is 0 Å². The number of rotatable bonds is 9. The van der Waals surface area contributed by atoms with Gasteiger partial charge in [0, 0.05) is 19.6 Å². The molecule has 0 aromatic heterocycles. The monoisotopic (exact) mass is 392 g/mol. The summed E-state index contributed by atoms with van der Waals surface area (Å²) in [6.07, 6.45) is 7.67. The second-order valence-corrected chi connectivity index (χ2v) is 9.46. The Morgan fingerprint density at radius 1 is 1.25 bits per heavy atom. The molecule has 0 bridgehead atoms. The predicted molar refractivity (Wildman–Crippen MR) is 113 cm³/mol. The van der Waals surface area contributed by atoms with E-state index in [0.717, 1.165) is 31.1 Å². The lowest BCUT2D eigenvalue weighted by Crippen LogP contribution is -2.52. The van der Waals surface area contributed by atoms with E-state index < -0.39 is 6.10 Å². The van der Waals surface area contributed by atoms with Crippen molar-refractivity contribution < 1.29 is 19.4 Å². The van der Waals surface area contributed by atoms with Crippen LogP contribution in [0.5, 0.6) is 0 Å². The Labute approximate surface area is 171 Å². The van der Waals surface area contributed by atoms with Gasteiger partial charge in [0.25, 0.3) is 0 Å². The van der Waals surface area contributed by atoms with E-state index in [-0.39, 0.29) is 23.0 Å². The zero-order valence-corrected chi connectivity index (χ0v) is 18.5. The number of ether oxygens (including phenoxy) is 2. The van der Waals surface area contributed by atoms with E-state index in [0.29, 0.717) is 31.1 Å². The van der Waals surface area contributed by atoms with Gasteiger partial charge in [-0.1, -0.05) is 39.8 Å². The molecular weight excluding hydrogens is 352 g/mol. The van der Waals surface area contributed by atoms with Crippen molar-refractivity contribution in [3.8, 4) is 0 Å². The summed E-state index contributed by atoms with van der Waals surface area (Å²) in [7, 11) is 0. The molecule has 2 saturated carbocycles. The number of hydrogen-bond acceptors (Lipinski definition) is 4. The lowest BCUT2D eigenvalue weighted by molar-refractivity contribution is -0.136. The minimum atomic E-state index is -0.451. The molecule has 4 atom stereocenters. The summed E-state index contributed by atoms with van der Waals surface area (Å²) in [4.78, 5) is 11.7. The van der Waals surface area contributed by atoms with Crippen LogP contribution in [0.4, 0.5) is 0 Å². The van der Waals surface area contributed by atoms with E-state index in [4.69, 9.17) is 9.47 Å². The Hall–Kier alpha value is -0.970. The first-order valence-corrected chi connectivity index (χ1v) is 10.9. The van der Waals surface area contributed by atoms with Gasteiger partial charge in [-0.05, 0) is 73.3 Å². The average Bonchev–Trinajstić information content (AvgIpc) is 2.62. The fraction of sp³-hybridized carbons (Fsp3) is 0.792. The zero-order chi connectivity index (χ0) is 20.9. The van der Waals surface area contributed by atoms with E-state index in [2.05, 4.69) is 27.4 Å². The number of hydrogen-bond donors (Lipinski definition) is 1. The van der Waals surface area contributed by atoms with Gasteiger partial charge in [-0.2, -0.15) is 0 Å². The first kappa shape index (κ1) is 23.3. The maximum absolute atomic E-state index is 11.7. The normalized spacial score (nSPS) is 33.0. The van der Waals surface area contributed by atoms with Crippen molar-refractivity contribution >= 4 is 6.29 Å². The third kappa shape index (κ3) is 4.95. The second-order valence-electron chi connectivity index (χ2n) is 9.46. The summed E-state index contributed by atoms with van der Waals surface area (Å²) in [6.45, 7) is 16.3. The molecule has 0 aliphatic heterocycles. The summed E-state index contributed by atoms with van der Waals surface area (Å²) < 4.78 is 11.2. The molecular formula is C24H40O4. The first-order chi connectivity index (χ1) is 13.2. The fourth-order valence-corrected chi connectivity index (χ4v) is 5.80. The van der Waals surface area contributed by atoms with Gasteiger partial charge in [0.1, 0.15) is 6.29 Å². The second kappa shape index (κ2) is 9.69. The fourth-order valence-electron chi connectivity index (χ4n) is 5.80. The van der Waals surface area contributed by atoms with Gasteiger partial charge in [0.15, 0.2) is 6.29 Å². The number of aldehydes is 1. The summed E-state index contributed by atoms with van der Waals surface area (Å²) in [5.74, 6) is 0.653. The minimum Gasteiger partial charge on any atom is -0.389 e. The van der Waals surface area contributed by atoms with Crippen LogP contribution in [0.1, 0.15) is 73.1 Å². The lowest BCUT2D eigenvalue weighted by atomic mass is 9.46. The lowest BCUT2D eigenvalue weighted by Gasteiger charge is -2.59. The molecule has 2 aliphatic carbocycles. The van der Waals surface area contributed by atoms with Gasteiger partial charge in [-0.15, -0.1) is 0 Å². The van der Waals surface area contributed by atoms with Gasteiger partial charge in [-0.25, -0.2) is 0 Å². The Morgan fingerprint density at radius 2 is 1.89 bits per heavy atom. The van der Waals surface area contributed by atoms with Crippen molar-refractivity contribution in [3.63, 3.8) is 0 Å².